The van der Waals surface area contributed by atoms with Gasteiger partial charge in [-0.1, -0.05) is 0 Å². The van der Waals surface area contributed by atoms with Crippen molar-refractivity contribution in [1.82, 2.24) is 9.55 Å². The van der Waals surface area contributed by atoms with E-state index in [1.165, 1.54) is 71.7 Å². The molecule has 0 aliphatic rings. The molecule has 2 heterocycles. The number of anilines is 2. The van der Waals surface area contributed by atoms with Crippen LogP contribution in [-0.4, -0.2) is 28.5 Å². The van der Waals surface area contributed by atoms with E-state index in [-0.39, 0.29) is 29.4 Å². The molecule has 4 aromatic rings. The molecule has 0 aliphatic carbocycles. The van der Waals surface area contributed by atoms with Gasteiger partial charge in [0, 0.05) is 49.0 Å². The zero-order valence-corrected chi connectivity index (χ0v) is 19.6. The number of aromatic nitrogens is 2. The highest BCUT2D eigenvalue weighted by Gasteiger charge is 2.15. The van der Waals surface area contributed by atoms with E-state index in [9.17, 15) is 18.4 Å². The predicted octanol–water partition coefficient (Wildman–Crippen LogP) is 4.35. The summed E-state index contributed by atoms with van der Waals surface area (Å²) in [7, 11) is 0. The average Bonchev–Trinajstić information content (AvgIpc) is 2.86. The number of nitrogens with two attached hydrogens (primary N) is 1. The first kappa shape index (κ1) is 26.3. The number of pyridine rings is 2. The summed E-state index contributed by atoms with van der Waals surface area (Å²) < 4.78 is 34.8. The molecule has 2 aromatic carbocycles. The van der Waals surface area contributed by atoms with Crippen LogP contribution < -0.4 is 26.7 Å². The molecule has 0 bridgehead atoms. The van der Waals surface area contributed by atoms with Gasteiger partial charge in [0.25, 0.3) is 11.5 Å². The lowest BCUT2D eigenvalue weighted by molar-refractivity contribution is 0.102. The molecule has 2 aromatic heterocycles. The second-order valence-corrected chi connectivity index (χ2v) is 7.36. The molecular formula is C25H22ClF2N5O3. The largest absolute Gasteiger partial charge is 0.452 e. The molecule has 0 fully saturated rings. The minimum atomic E-state index is -0.721. The first-order chi connectivity index (χ1) is 17.0. The molecule has 0 atom stereocenters. The predicted molar refractivity (Wildman–Crippen MR) is 135 cm³/mol. The monoisotopic (exact) mass is 513 g/mol. The van der Waals surface area contributed by atoms with Gasteiger partial charge in [0.15, 0.2) is 17.3 Å². The van der Waals surface area contributed by atoms with Crippen molar-refractivity contribution < 1.29 is 18.3 Å². The van der Waals surface area contributed by atoms with Gasteiger partial charge >= 0.3 is 0 Å². The maximum absolute atomic E-state index is 14.7. The van der Waals surface area contributed by atoms with Crippen LogP contribution in [0.3, 0.4) is 0 Å². The molecule has 0 saturated carbocycles. The van der Waals surface area contributed by atoms with Crippen LogP contribution in [-0.2, 0) is 0 Å². The van der Waals surface area contributed by atoms with Crippen molar-refractivity contribution in [2.24, 2.45) is 5.73 Å². The Kier molecular flexibility index (Phi) is 8.71. The summed E-state index contributed by atoms with van der Waals surface area (Å²) >= 11 is 0. The van der Waals surface area contributed by atoms with Crippen molar-refractivity contribution >= 4 is 29.7 Å². The maximum atomic E-state index is 14.7. The Balaban J connectivity index is 0.00000361. The zero-order chi connectivity index (χ0) is 24.8. The van der Waals surface area contributed by atoms with Crippen molar-refractivity contribution in [2.75, 3.05) is 23.7 Å². The van der Waals surface area contributed by atoms with Gasteiger partial charge in [-0.05, 0) is 48.5 Å². The fourth-order valence-corrected chi connectivity index (χ4v) is 3.26. The van der Waals surface area contributed by atoms with Crippen LogP contribution >= 0.6 is 12.4 Å². The number of rotatable bonds is 8. The van der Waals surface area contributed by atoms with Crippen LogP contribution in [0.15, 0.2) is 84.0 Å². The lowest BCUT2D eigenvalue weighted by atomic mass is 10.2. The molecular weight excluding hydrogens is 492 g/mol. The summed E-state index contributed by atoms with van der Waals surface area (Å²) in [4.78, 5) is 29.6. The lowest BCUT2D eigenvalue weighted by Crippen LogP contribution is -2.27. The topological polar surface area (TPSA) is 111 Å². The summed E-state index contributed by atoms with van der Waals surface area (Å²) in [5.74, 6) is -1.60. The van der Waals surface area contributed by atoms with Crippen molar-refractivity contribution in [1.29, 1.82) is 0 Å². The van der Waals surface area contributed by atoms with E-state index in [1.54, 1.807) is 6.07 Å². The van der Waals surface area contributed by atoms with Crippen molar-refractivity contribution in [3.05, 3.63) is 107 Å². The SMILES string of the molecule is Cl.NCCNc1cnccc1Oc1ccc(NC(=O)c2cccn(-c3ccc(F)cc3)c2=O)cc1F. The summed E-state index contributed by atoms with van der Waals surface area (Å²) in [5, 5.41) is 5.55. The second-order valence-electron chi connectivity index (χ2n) is 7.36. The number of benzene rings is 2. The van der Waals surface area contributed by atoms with Gasteiger partial charge in [-0.2, -0.15) is 0 Å². The summed E-state index contributed by atoms with van der Waals surface area (Å²) in [6, 6.07) is 13.6. The Morgan fingerprint density at radius 1 is 1.06 bits per heavy atom. The number of nitrogens with zero attached hydrogens (tertiary/aromatic N) is 2. The van der Waals surface area contributed by atoms with Crippen molar-refractivity contribution in [3.63, 3.8) is 0 Å². The molecule has 4 N–H and O–H groups in total. The summed E-state index contributed by atoms with van der Waals surface area (Å²) in [6.45, 7) is 0.880. The number of carbonyl (C=O) groups excluding carboxylic acids is 1. The van der Waals surface area contributed by atoms with Gasteiger partial charge in [0.1, 0.15) is 11.4 Å². The average molecular weight is 514 g/mol. The highest BCUT2D eigenvalue weighted by molar-refractivity contribution is 6.04. The normalized spacial score (nSPS) is 10.3. The van der Waals surface area contributed by atoms with E-state index in [0.29, 0.717) is 30.2 Å². The molecule has 0 unspecified atom stereocenters. The second kappa shape index (κ2) is 11.9. The van der Waals surface area contributed by atoms with E-state index in [4.69, 9.17) is 10.5 Å². The number of carbonyl (C=O) groups is 1. The Morgan fingerprint density at radius 2 is 1.83 bits per heavy atom. The van der Waals surface area contributed by atoms with Crippen LogP contribution in [0, 0.1) is 11.6 Å². The van der Waals surface area contributed by atoms with Crippen LogP contribution in [0.25, 0.3) is 5.69 Å². The lowest BCUT2D eigenvalue weighted by Gasteiger charge is -2.13. The third-order valence-electron chi connectivity index (χ3n) is 4.95. The number of nitrogens with one attached hydrogen (secondary N) is 2. The summed E-state index contributed by atoms with van der Waals surface area (Å²) in [6.07, 6.45) is 4.51. The van der Waals surface area contributed by atoms with Crippen molar-refractivity contribution in [3.8, 4) is 17.2 Å². The first-order valence-corrected chi connectivity index (χ1v) is 10.6. The molecule has 0 aliphatic heterocycles. The molecule has 1 amide bonds. The van der Waals surface area contributed by atoms with Crippen LogP contribution in [0.5, 0.6) is 11.5 Å². The maximum Gasteiger partial charge on any atom is 0.267 e. The smallest absolute Gasteiger partial charge is 0.267 e. The molecule has 11 heteroatoms. The van der Waals surface area contributed by atoms with E-state index < -0.39 is 23.1 Å². The molecule has 8 nitrogen and oxygen atoms in total. The first-order valence-electron chi connectivity index (χ1n) is 10.6. The third kappa shape index (κ3) is 6.04. The molecule has 0 saturated heterocycles. The highest BCUT2D eigenvalue weighted by atomic mass is 35.5. The minimum Gasteiger partial charge on any atom is -0.452 e. The van der Waals surface area contributed by atoms with E-state index in [1.807, 2.05) is 0 Å². The number of ether oxygens (including phenoxy) is 1. The fourth-order valence-electron chi connectivity index (χ4n) is 3.26. The van der Waals surface area contributed by atoms with Gasteiger partial charge in [0.05, 0.1) is 11.9 Å². The Hall–Kier alpha value is -4.28. The Bertz CT molecular complexity index is 1410. The van der Waals surface area contributed by atoms with Crippen molar-refractivity contribution in [2.45, 2.75) is 0 Å². The molecule has 186 valence electrons. The number of halogens is 3. The van der Waals surface area contributed by atoms with E-state index in [2.05, 4.69) is 15.6 Å². The van der Waals surface area contributed by atoms with Crippen LogP contribution in [0.2, 0.25) is 0 Å². The van der Waals surface area contributed by atoms with Gasteiger partial charge in [-0.15, -0.1) is 12.4 Å². The van der Waals surface area contributed by atoms with Crippen LogP contribution in [0.4, 0.5) is 20.2 Å². The minimum absolute atomic E-state index is 0. The highest BCUT2D eigenvalue weighted by Crippen LogP contribution is 2.31. The molecule has 36 heavy (non-hydrogen) atoms. The Morgan fingerprint density at radius 3 is 2.56 bits per heavy atom. The quantitative estimate of drug-likeness (QED) is 0.323. The standard InChI is InChI=1S/C25H21F2N5O3.ClH/c26-16-3-6-18(7-4-16)32-13-1-2-19(25(32)34)24(33)31-17-5-8-22(20(27)14-17)35-23-9-11-29-15-21(23)30-12-10-28;/h1-9,11,13-15,30H,10,12,28H2,(H,31,33);1H. The van der Waals surface area contributed by atoms with E-state index in [0.717, 1.165) is 6.07 Å². The molecule has 4 rings (SSSR count). The van der Waals surface area contributed by atoms with Gasteiger partial charge in [0.2, 0.25) is 0 Å². The van der Waals surface area contributed by atoms with Gasteiger partial charge in [-0.3, -0.25) is 19.1 Å². The number of hydrogen-bond acceptors (Lipinski definition) is 6. The van der Waals surface area contributed by atoms with Gasteiger partial charge < -0.3 is 21.1 Å². The summed E-state index contributed by atoms with van der Waals surface area (Å²) in [5.41, 5.74) is 5.82. The van der Waals surface area contributed by atoms with Crippen LogP contribution in [0.1, 0.15) is 10.4 Å². The number of amides is 1. The molecule has 0 spiro atoms. The zero-order valence-electron chi connectivity index (χ0n) is 18.8. The molecule has 0 radical (unpaired) electrons. The van der Waals surface area contributed by atoms with Gasteiger partial charge in [-0.25, -0.2) is 8.78 Å². The van der Waals surface area contributed by atoms with E-state index >= 15 is 0 Å². The number of hydrogen-bond donors (Lipinski definition) is 3. The fraction of sp³-hybridized carbons (Fsp3) is 0.0800. The third-order valence-corrected chi connectivity index (χ3v) is 4.95. The Labute approximate surface area is 211 Å².